The second-order valence-electron chi connectivity index (χ2n) is 2.20. The quantitative estimate of drug-likeness (QED) is 0.443. The Morgan fingerprint density at radius 3 is 2.30 bits per heavy atom. The molecule has 0 saturated heterocycles. The first-order valence-corrected chi connectivity index (χ1v) is 4.45. The topological polar surface area (TPSA) is 12.9 Å². The van der Waals surface area contributed by atoms with Crippen LogP contribution in [0.15, 0.2) is 12.1 Å². The van der Waals surface area contributed by atoms with E-state index >= 15 is 0 Å². The Morgan fingerprint density at radius 2 is 1.90 bits per heavy atom. The Bertz CT molecular complexity index is 225. The summed E-state index contributed by atoms with van der Waals surface area (Å²) in [6.07, 6.45) is 0. The fourth-order valence-electron chi connectivity index (χ4n) is 0.715. The summed E-state index contributed by atoms with van der Waals surface area (Å²) in [5.41, 5.74) is 2.31. The summed E-state index contributed by atoms with van der Waals surface area (Å²) in [6, 6.07) is 4.21. The first-order chi connectivity index (χ1) is 4.20. The van der Waals surface area contributed by atoms with Crippen molar-refractivity contribution in [3.8, 4) is 0 Å². The van der Waals surface area contributed by atoms with Crippen LogP contribution in [-0.2, 0) is 18.3 Å². The summed E-state index contributed by atoms with van der Waals surface area (Å²) in [4.78, 5) is 4.30. The van der Waals surface area contributed by atoms with Gasteiger partial charge in [-0.15, -0.1) is 0 Å². The molecule has 0 aliphatic carbocycles. The second kappa shape index (κ2) is 4.05. The molecule has 0 spiro atoms. The maximum atomic E-state index is 4.30. The van der Waals surface area contributed by atoms with Crippen molar-refractivity contribution in [1.82, 2.24) is 4.98 Å². The van der Waals surface area contributed by atoms with Gasteiger partial charge in [0.15, 0.2) is 0 Å². The van der Waals surface area contributed by atoms with Gasteiger partial charge in [0, 0.05) is 0 Å². The second-order valence-corrected chi connectivity index (χ2v) is 3.80. The standard InChI is InChI=1S/C7H8N.ClH.Zn/c1-6-4-3-5-7(2)8-6;;/h3-4H,1-2H3;1H;/q;;+1/p-1. The summed E-state index contributed by atoms with van der Waals surface area (Å²) >= 11 is 1.21. The fraction of sp³-hybridized carbons (Fsp3) is 0.286. The van der Waals surface area contributed by atoms with Gasteiger partial charge >= 0.3 is 64.8 Å². The van der Waals surface area contributed by atoms with Gasteiger partial charge in [-0.3, -0.25) is 0 Å². The molecule has 1 aromatic heterocycles. The zero-order chi connectivity index (χ0) is 6.85. The summed E-state index contributed by atoms with van der Waals surface area (Å²) < 4.78 is 1.39. The average Bonchev–Trinajstić information content (AvgIpc) is 1.80. The Kier molecular flexibility index (Phi) is 4.08. The van der Waals surface area contributed by atoms with Gasteiger partial charge in [-0.25, -0.2) is 0 Å². The van der Waals surface area contributed by atoms with E-state index in [1.165, 1.54) is 28.2 Å². The molecule has 0 fully saturated rings. The Hall–Kier alpha value is 0.0634. The van der Waals surface area contributed by atoms with E-state index in [0.717, 1.165) is 5.69 Å². The van der Waals surface area contributed by atoms with E-state index in [-0.39, 0.29) is 12.4 Å². The molecular formula is C7H8ClNZn. The van der Waals surface area contributed by atoms with Crippen LogP contribution in [0.3, 0.4) is 0 Å². The number of nitrogens with zero attached hydrogens (tertiary/aromatic N) is 1. The zero-order valence-corrected chi connectivity index (χ0v) is 9.91. The van der Waals surface area contributed by atoms with Crippen LogP contribution < -0.4 is 16.6 Å². The molecule has 1 nitrogen and oxygen atoms in total. The largest absolute Gasteiger partial charge is 1.00 e. The van der Waals surface area contributed by atoms with Crippen molar-refractivity contribution in [3.05, 3.63) is 23.5 Å². The van der Waals surface area contributed by atoms with Crippen molar-refractivity contribution >= 4 is 4.16 Å². The van der Waals surface area contributed by atoms with Crippen molar-refractivity contribution in [1.29, 1.82) is 0 Å². The molecule has 0 aliphatic rings. The average molecular weight is 207 g/mol. The minimum atomic E-state index is 0. The third-order valence-corrected chi connectivity index (χ3v) is 2.90. The molecule has 0 unspecified atom stereocenters. The van der Waals surface area contributed by atoms with Crippen LogP contribution >= 0.6 is 0 Å². The fourth-order valence-corrected chi connectivity index (χ4v) is 1.13. The molecule has 0 saturated carbocycles. The number of hydrogen-bond donors (Lipinski definition) is 0. The van der Waals surface area contributed by atoms with Gasteiger partial charge in [-0.2, -0.15) is 0 Å². The third-order valence-electron chi connectivity index (χ3n) is 1.33. The minimum Gasteiger partial charge on any atom is -1.00 e. The molecule has 0 aliphatic heterocycles. The van der Waals surface area contributed by atoms with Crippen molar-refractivity contribution in [2.24, 2.45) is 0 Å². The number of pyridine rings is 1. The smallest absolute Gasteiger partial charge is 1.00 e. The number of aryl methyl sites for hydroxylation is 2. The first kappa shape index (κ1) is 10.1. The van der Waals surface area contributed by atoms with Crippen LogP contribution in [-0.4, -0.2) is 4.98 Å². The van der Waals surface area contributed by atoms with E-state index < -0.39 is 0 Å². The molecule has 0 bridgehead atoms. The number of rotatable bonds is 0. The van der Waals surface area contributed by atoms with E-state index in [0.29, 0.717) is 0 Å². The predicted molar refractivity (Wildman–Crippen MR) is 33.3 cm³/mol. The molecule has 1 aromatic rings. The number of hydrogen-bond acceptors (Lipinski definition) is 1. The van der Waals surface area contributed by atoms with Crippen molar-refractivity contribution in [2.45, 2.75) is 13.8 Å². The summed E-state index contributed by atoms with van der Waals surface area (Å²) in [7, 11) is 0. The summed E-state index contributed by atoms with van der Waals surface area (Å²) in [5, 5.41) is 0. The zero-order valence-electron chi connectivity index (χ0n) is 6.19. The number of aromatic nitrogens is 1. The molecular weight excluding hydrogens is 199 g/mol. The maximum Gasteiger partial charge on any atom is -1.00 e. The van der Waals surface area contributed by atoms with E-state index in [2.05, 4.69) is 24.0 Å². The van der Waals surface area contributed by atoms with Gasteiger partial charge in [-0.05, 0) is 0 Å². The Labute approximate surface area is 77.3 Å². The van der Waals surface area contributed by atoms with Crippen molar-refractivity contribution in [2.75, 3.05) is 0 Å². The van der Waals surface area contributed by atoms with Gasteiger partial charge in [-0.1, -0.05) is 0 Å². The van der Waals surface area contributed by atoms with E-state index in [1.54, 1.807) is 0 Å². The summed E-state index contributed by atoms with van der Waals surface area (Å²) in [6.45, 7) is 4.08. The monoisotopic (exact) mass is 205 g/mol. The van der Waals surface area contributed by atoms with Crippen LogP contribution in [0.2, 0.25) is 0 Å². The molecule has 1 rings (SSSR count). The third kappa shape index (κ3) is 2.36. The van der Waals surface area contributed by atoms with E-state index in [1.807, 2.05) is 6.92 Å². The van der Waals surface area contributed by atoms with Crippen LogP contribution in [0.4, 0.5) is 0 Å². The van der Waals surface area contributed by atoms with Crippen LogP contribution in [0.25, 0.3) is 0 Å². The van der Waals surface area contributed by atoms with Gasteiger partial charge in [0.05, 0.1) is 0 Å². The predicted octanol–water partition coefficient (Wildman–Crippen LogP) is -2.13. The van der Waals surface area contributed by atoms with E-state index in [9.17, 15) is 0 Å². The van der Waals surface area contributed by atoms with Crippen LogP contribution in [0.1, 0.15) is 11.4 Å². The molecule has 50 valence electrons. The van der Waals surface area contributed by atoms with Crippen LogP contribution in [0.5, 0.6) is 0 Å². The Morgan fingerprint density at radius 1 is 1.30 bits per heavy atom. The molecule has 0 amide bonds. The van der Waals surface area contributed by atoms with Crippen molar-refractivity contribution in [3.63, 3.8) is 0 Å². The molecule has 3 heteroatoms. The normalized spacial score (nSPS) is 8.80. The minimum absolute atomic E-state index is 0. The molecule has 10 heavy (non-hydrogen) atoms. The maximum absolute atomic E-state index is 4.30. The molecule has 1 heterocycles. The van der Waals surface area contributed by atoms with Gasteiger partial charge in [0.25, 0.3) is 0 Å². The Balaban J connectivity index is 0.000000810. The summed E-state index contributed by atoms with van der Waals surface area (Å²) in [5.74, 6) is 0. The van der Waals surface area contributed by atoms with Crippen LogP contribution in [0, 0.1) is 13.8 Å². The molecule has 0 atom stereocenters. The van der Waals surface area contributed by atoms with Gasteiger partial charge in [0.1, 0.15) is 0 Å². The number of halogens is 1. The SMILES string of the molecule is Cc1cc[c]([Zn+])c(C)n1.[Cl-]. The van der Waals surface area contributed by atoms with Gasteiger partial charge < -0.3 is 12.4 Å². The molecule has 0 radical (unpaired) electrons. The molecule has 0 aromatic carbocycles. The first-order valence-electron chi connectivity index (χ1n) is 2.96. The van der Waals surface area contributed by atoms with Gasteiger partial charge in [0.2, 0.25) is 0 Å². The molecule has 0 N–H and O–H groups in total. The van der Waals surface area contributed by atoms with Crippen molar-refractivity contribution < 1.29 is 30.7 Å². The van der Waals surface area contributed by atoms with E-state index in [4.69, 9.17) is 0 Å².